The Labute approximate surface area is 216 Å². The van der Waals surface area contributed by atoms with Crippen LogP contribution in [-0.4, -0.2) is 71.3 Å². The standard InChI is InChI=1S/C23H23F3N6O5S/c1-22(2,3)36-21(33)31-8-6-30(7-9-31)19-5-4-15(12-28-19)18-10-17(37-38(34,35)23(24,25)26)14-32-20(18)16(11-27)13-29-32/h4-5,10,12-14H,6-9H2,1-3H3. The van der Waals surface area contributed by atoms with Crippen LogP contribution in [0, 0.1) is 11.3 Å². The zero-order valence-electron chi connectivity index (χ0n) is 20.6. The van der Waals surface area contributed by atoms with Gasteiger partial charge in [-0.05, 0) is 39.0 Å². The summed E-state index contributed by atoms with van der Waals surface area (Å²) < 4.78 is 72.4. The molecule has 202 valence electrons. The zero-order chi connectivity index (χ0) is 27.9. The van der Waals surface area contributed by atoms with Gasteiger partial charge in [-0.1, -0.05) is 0 Å². The fraction of sp³-hybridized carbons (Fsp3) is 0.391. The van der Waals surface area contributed by atoms with E-state index in [1.165, 1.54) is 12.4 Å². The van der Waals surface area contributed by atoms with E-state index in [-0.39, 0.29) is 16.6 Å². The third kappa shape index (κ3) is 5.59. The number of piperazine rings is 1. The molecule has 1 amide bonds. The molecule has 4 heterocycles. The molecule has 0 atom stereocenters. The van der Waals surface area contributed by atoms with Crippen molar-refractivity contribution >= 4 is 27.5 Å². The number of pyridine rings is 2. The highest BCUT2D eigenvalue weighted by molar-refractivity contribution is 7.88. The predicted molar refractivity (Wildman–Crippen MR) is 129 cm³/mol. The van der Waals surface area contributed by atoms with E-state index in [2.05, 4.69) is 14.3 Å². The fourth-order valence-electron chi connectivity index (χ4n) is 3.80. The van der Waals surface area contributed by atoms with Gasteiger partial charge in [-0.3, -0.25) is 0 Å². The van der Waals surface area contributed by atoms with Crippen LogP contribution in [0.15, 0.2) is 36.8 Å². The molecule has 0 saturated carbocycles. The van der Waals surface area contributed by atoms with Crippen molar-refractivity contribution in [1.29, 1.82) is 5.26 Å². The van der Waals surface area contributed by atoms with Crippen molar-refractivity contribution in [3.63, 3.8) is 0 Å². The van der Waals surface area contributed by atoms with Crippen LogP contribution in [0.3, 0.4) is 0 Å². The van der Waals surface area contributed by atoms with Crippen LogP contribution in [0.1, 0.15) is 26.3 Å². The van der Waals surface area contributed by atoms with Gasteiger partial charge >= 0.3 is 21.7 Å². The Morgan fingerprint density at radius 2 is 1.79 bits per heavy atom. The molecule has 1 fully saturated rings. The highest BCUT2D eigenvalue weighted by atomic mass is 32.2. The van der Waals surface area contributed by atoms with Crippen molar-refractivity contribution in [2.24, 2.45) is 0 Å². The molecule has 3 aromatic rings. The van der Waals surface area contributed by atoms with Gasteiger partial charge in [0.25, 0.3) is 0 Å². The molecular weight excluding hydrogens is 529 g/mol. The largest absolute Gasteiger partial charge is 0.534 e. The van der Waals surface area contributed by atoms with E-state index in [0.717, 1.165) is 16.8 Å². The van der Waals surface area contributed by atoms with Gasteiger partial charge in [-0.2, -0.15) is 31.9 Å². The molecular formula is C23H23F3N6O5S. The van der Waals surface area contributed by atoms with E-state index in [0.29, 0.717) is 37.6 Å². The van der Waals surface area contributed by atoms with Crippen molar-refractivity contribution in [3.05, 3.63) is 42.4 Å². The molecule has 0 aromatic carbocycles. The Bertz CT molecular complexity index is 1500. The lowest BCUT2D eigenvalue weighted by Crippen LogP contribution is -2.50. The molecule has 0 radical (unpaired) electrons. The first-order valence-corrected chi connectivity index (χ1v) is 12.7. The lowest BCUT2D eigenvalue weighted by Gasteiger charge is -2.36. The molecule has 0 bridgehead atoms. The zero-order valence-corrected chi connectivity index (χ0v) is 21.4. The lowest BCUT2D eigenvalue weighted by atomic mass is 10.1. The Morgan fingerprint density at radius 1 is 1.11 bits per heavy atom. The second-order valence-electron chi connectivity index (χ2n) is 9.40. The smallest absolute Gasteiger partial charge is 0.444 e. The summed E-state index contributed by atoms with van der Waals surface area (Å²) in [7, 11) is -5.92. The first kappa shape index (κ1) is 27.0. The third-order valence-electron chi connectivity index (χ3n) is 5.51. The molecule has 4 rings (SSSR count). The summed E-state index contributed by atoms with van der Waals surface area (Å²) in [6, 6.07) is 6.34. The van der Waals surface area contributed by atoms with Gasteiger partial charge < -0.3 is 18.7 Å². The number of alkyl halides is 3. The summed E-state index contributed by atoms with van der Waals surface area (Å²) in [5.74, 6) is -0.0468. The van der Waals surface area contributed by atoms with Crippen LogP contribution >= 0.6 is 0 Å². The van der Waals surface area contributed by atoms with Gasteiger partial charge in [-0.15, -0.1) is 0 Å². The maximum atomic E-state index is 12.9. The predicted octanol–water partition coefficient (Wildman–Crippen LogP) is 3.55. The maximum Gasteiger partial charge on any atom is 0.534 e. The van der Waals surface area contributed by atoms with E-state index >= 15 is 0 Å². The maximum absolute atomic E-state index is 12.9. The molecule has 0 aliphatic carbocycles. The van der Waals surface area contributed by atoms with Crippen LogP contribution in [-0.2, 0) is 14.9 Å². The first-order valence-electron chi connectivity index (χ1n) is 11.3. The third-order valence-corrected chi connectivity index (χ3v) is 6.49. The molecule has 0 spiro atoms. The number of hydrogen-bond acceptors (Lipinski definition) is 9. The Balaban J connectivity index is 1.59. The van der Waals surface area contributed by atoms with Crippen molar-refractivity contribution < 1.29 is 35.3 Å². The van der Waals surface area contributed by atoms with Crippen molar-refractivity contribution in [1.82, 2.24) is 19.5 Å². The van der Waals surface area contributed by atoms with Gasteiger partial charge in [0.15, 0.2) is 5.75 Å². The van der Waals surface area contributed by atoms with Crippen LogP contribution in [0.2, 0.25) is 0 Å². The second kappa shape index (κ2) is 9.67. The molecule has 38 heavy (non-hydrogen) atoms. The normalized spacial score (nSPS) is 14.9. The van der Waals surface area contributed by atoms with E-state index in [1.54, 1.807) is 37.8 Å². The monoisotopic (exact) mass is 552 g/mol. The molecule has 0 N–H and O–H groups in total. The molecule has 3 aromatic heterocycles. The summed E-state index contributed by atoms with van der Waals surface area (Å²) in [5, 5.41) is 13.4. The number of amides is 1. The van der Waals surface area contributed by atoms with E-state index in [4.69, 9.17) is 4.74 Å². The van der Waals surface area contributed by atoms with Gasteiger partial charge in [0.1, 0.15) is 17.5 Å². The number of aromatic nitrogens is 3. The molecule has 0 unspecified atom stereocenters. The van der Waals surface area contributed by atoms with Crippen molar-refractivity contribution in [2.75, 3.05) is 31.1 Å². The molecule has 11 nitrogen and oxygen atoms in total. The number of ether oxygens (including phenoxy) is 1. The minimum Gasteiger partial charge on any atom is -0.444 e. The lowest BCUT2D eigenvalue weighted by molar-refractivity contribution is -0.0500. The number of carbonyl (C=O) groups excluding carboxylic acids is 1. The number of halogens is 3. The number of fused-ring (bicyclic) bond motifs is 1. The minimum atomic E-state index is -5.92. The van der Waals surface area contributed by atoms with Crippen LogP contribution in [0.5, 0.6) is 5.75 Å². The number of nitriles is 1. The van der Waals surface area contributed by atoms with Gasteiger partial charge in [0, 0.05) is 43.5 Å². The summed E-state index contributed by atoms with van der Waals surface area (Å²) in [5.41, 5.74) is -5.28. The van der Waals surface area contributed by atoms with Gasteiger partial charge in [0.2, 0.25) is 0 Å². The molecule has 1 saturated heterocycles. The summed E-state index contributed by atoms with van der Waals surface area (Å²) in [6.45, 7) is 7.22. The second-order valence-corrected chi connectivity index (χ2v) is 10.9. The Hall–Kier alpha value is -4.06. The molecule has 15 heteroatoms. The quantitative estimate of drug-likeness (QED) is 0.352. The van der Waals surface area contributed by atoms with Crippen LogP contribution in [0.25, 0.3) is 16.6 Å². The highest BCUT2D eigenvalue weighted by Crippen LogP contribution is 2.34. The van der Waals surface area contributed by atoms with E-state index < -0.39 is 33.1 Å². The number of hydrogen-bond donors (Lipinski definition) is 0. The topological polar surface area (TPSA) is 130 Å². The fourth-order valence-corrected chi connectivity index (χ4v) is 4.23. The molecule has 1 aliphatic heterocycles. The SMILES string of the molecule is CC(C)(C)OC(=O)N1CCN(c2ccc(-c3cc(OS(=O)(=O)C(F)(F)F)cn4ncc(C#N)c34)cn2)CC1. The highest BCUT2D eigenvalue weighted by Gasteiger charge is 2.48. The summed E-state index contributed by atoms with van der Waals surface area (Å²) in [4.78, 5) is 20.3. The van der Waals surface area contributed by atoms with Crippen molar-refractivity contribution in [2.45, 2.75) is 31.9 Å². The number of rotatable bonds is 4. The van der Waals surface area contributed by atoms with Gasteiger partial charge in [-0.25, -0.2) is 14.3 Å². The van der Waals surface area contributed by atoms with E-state index in [1.807, 2.05) is 11.0 Å². The minimum absolute atomic E-state index is 0.118. The van der Waals surface area contributed by atoms with E-state index in [9.17, 15) is 31.6 Å². The van der Waals surface area contributed by atoms with Crippen LogP contribution < -0.4 is 9.08 Å². The average Bonchev–Trinajstić information content (AvgIpc) is 3.25. The Morgan fingerprint density at radius 3 is 2.34 bits per heavy atom. The number of carbonyl (C=O) groups is 1. The van der Waals surface area contributed by atoms with Gasteiger partial charge in [0.05, 0.1) is 23.5 Å². The number of nitrogens with zero attached hydrogens (tertiary/aromatic N) is 6. The number of anilines is 1. The Kier molecular flexibility index (Phi) is 6.87. The summed E-state index contributed by atoms with van der Waals surface area (Å²) in [6.07, 6.45) is 3.19. The van der Waals surface area contributed by atoms with Crippen LogP contribution in [0.4, 0.5) is 23.8 Å². The first-order chi connectivity index (χ1) is 17.7. The van der Waals surface area contributed by atoms with Crippen molar-refractivity contribution in [3.8, 4) is 22.9 Å². The molecule has 1 aliphatic rings. The summed E-state index contributed by atoms with van der Waals surface area (Å²) >= 11 is 0. The average molecular weight is 553 g/mol.